The summed E-state index contributed by atoms with van der Waals surface area (Å²) in [6, 6.07) is 6.47. The highest BCUT2D eigenvalue weighted by atomic mass is 35.5. The van der Waals surface area contributed by atoms with Gasteiger partial charge in [0.05, 0.1) is 21.8 Å². The third-order valence-electron chi connectivity index (χ3n) is 2.53. The Labute approximate surface area is 140 Å². The van der Waals surface area contributed by atoms with Crippen molar-refractivity contribution in [2.24, 2.45) is 0 Å². The number of halogens is 2. The summed E-state index contributed by atoms with van der Waals surface area (Å²) in [5.41, 5.74) is 4.70. The molecule has 114 valence electrons. The molecule has 0 saturated heterocycles. The van der Waals surface area contributed by atoms with E-state index in [-0.39, 0.29) is 21.3 Å². The summed E-state index contributed by atoms with van der Waals surface area (Å²) in [5, 5.41) is 0.758. The Morgan fingerprint density at radius 1 is 1.09 bits per heavy atom. The van der Waals surface area contributed by atoms with Gasteiger partial charge in [0.1, 0.15) is 0 Å². The third kappa shape index (κ3) is 3.88. The lowest BCUT2D eigenvalue weighted by molar-refractivity contribution is 0.0843. The number of aromatic nitrogens is 2. The fourth-order valence-corrected chi connectivity index (χ4v) is 2.23. The highest BCUT2D eigenvalue weighted by Gasteiger charge is 2.16. The predicted octanol–water partition coefficient (Wildman–Crippen LogP) is 2.58. The summed E-state index contributed by atoms with van der Waals surface area (Å²) >= 11 is 13.0. The van der Waals surface area contributed by atoms with Gasteiger partial charge in [0.15, 0.2) is 10.9 Å². The molecule has 0 fully saturated rings. The minimum Gasteiger partial charge on any atom is -0.267 e. The maximum atomic E-state index is 12.0. The number of hydrogen-bond donors (Lipinski definition) is 2. The van der Waals surface area contributed by atoms with E-state index in [4.69, 9.17) is 23.2 Å². The molecule has 1 heterocycles. The van der Waals surface area contributed by atoms with Gasteiger partial charge in [-0.05, 0) is 18.4 Å². The summed E-state index contributed by atoms with van der Waals surface area (Å²) in [6.07, 6.45) is 3.09. The largest absolute Gasteiger partial charge is 0.289 e. The number of benzene rings is 1. The van der Waals surface area contributed by atoms with Crippen molar-refractivity contribution < 1.29 is 9.59 Å². The minimum absolute atomic E-state index is 0.0273. The van der Waals surface area contributed by atoms with Crippen LogP contribution in [0.1, 0.15) is 20.8 Å². The smallest absolute Gasteiger partial charge is 0.267 e. The van der Waals surface area contributed by atoms with Gasteiger partial charge in [-0.15, -0.1) is 0 Å². The lowest BCUT2D eigenvalue weighted by Crippen LogP contribution is -2.42. The van der Waals surface area contributed by atoms with Crippen molar-refractivity contribution >= 4 is 46.8 Å². The van der Waals surface area contributed by atoms with Crippen LogP contribution < -0.4 is 10.9 Å². The van der Waals surface area contributed by atoms with Crippen LogP contribution in [0.25, 0.3) is 0 Å². The van der Waals surface area contributed by atoms with Gasteiger partial charge in [-0.2, -0.15) is 0 Å². The van der Waals surface area contributed by atoms with Crippen LogP contribution in [0, 0.1) is 0 Å². The zero-order valence-electron chi connectivity index (χ0n) is 11.3. The van der Waals surface area contributed by atoms with Gasteiger partial charge in [0, 0.05) is 0 Å². The standard InChI is InChI=1S/C13H10Cl2N4O2S/c1-22-13-16-6-9(15)10(17-13)12(21)19-18-11(20)7-4-2-3-5-8(7)14/h2-6H,1H3,(H,18,20)(H,19,21). The Kier molecular flexibility index (Phi) is 5.59. The van der Waals surface area contributed by atoms with Crippen LogP contribution in [-0.2, 0) is 0 Å². The monoisotopic (exact) mass is 356 g/mol. The number of thioether (sulfide) groups is 1. The molecule has 0 spiro atoms. The molecule has 1 aromatic heterocycles. The number of nitrogens with one attached hydrogen (secondary N) is 2. The van der Waals surface area contributed by atoms with E-state index in [2.05, 4.69) is 20.8 Å². The summed E-state index contributed by atoms with van der Waals surface area (Å²) in [7, 11) is 0. The quantitative estimate of drug-likeness (QED) is 0.501. The van der Waals surface area contributed by atoms with E-state index in [1.807, 2.05) is 0 Å². The molecule has 0 radical (unpaired) electrons. The molecule has 0 aliphatic heterocycles. The van der Waals surface area contributed by atoms with Crippen LogP contribution in [0.15, 0.2) is 35.6 Å². The zero-order valence-corrected chi connectivity index (χ0v) is 13.6. The minimum atomic E-state index is -0.650. The number of carbonyl (C=O) groups excluding carboxylic acids is 2. The highest BCUT2D eigenvalue weighted by Crippen LogP contribution is 2.16. The highest BCUT2D eigenvalue weighted by molar-refractivity contribution is 7.98. The molecule has 9 heteroatoms. The van der Waals surface area contributed by atoms with Crippen molar-refractivity contribution in [2.75, 3.05) is 6.26 Å². The average molecular weight is 357 g/mol. The second-order valence-corrected chi connectivity index (χ2v) is 5.53. The third-order valence-corrected chi connectivity index (χ3v) is 3.70. The van der Waals surface area contributed by atoms with Crippen molar-refractivity contribution in [3.8, 4) is 0 Å². The second kappa shape index (κ2) is 7.44. The van der Waals surface area contributed by atoms with Gasteiger partial charge in [0.25, 0.3) is 11.8 Å². The number of nitrogens with zero attached hydrogens (tertiary/aromatic N) is 2. The van der Waals surface area contributed by atoms with E-state index in [1.165, 1.54) is 24.0 Å². The summed E-state index contributed by atoms with van der Waals surface area (Å²) in [6.45, 7) is 0. The average Bonchev–Trinajstić information content (AvgIpc) is 2.53. The first-order valence-electron chi connectivity index (χ1n) is 5.94. The van der Waals surface area contributed by atoms with Crippen LogP contribution in [0.5, 0.6) is 0 Å². The first kappa shape index (κ1) is 16.5. The van der Waals surface area contributed by atoms with Crippen molar-refractivity contribution in [1.29, 1.82) is 0 Å². The van der Waals surface area contributed by atoms with Crippen LogP contribution in [0.3, 0.4) is 0 Å². The molecule has 6 nitrogen and oxygen atoms in total. The van der Waals surface area contributed by atoms with E-state index in [9.17, 15) is 9.59 Å². The van der Waals surface area contributed by atoms with Gasteiger partial charge >= 0.3 is 0 Å². The van der Waals surface area contributed by atoms with E-state index >= 15 is 0 Å². The van der Waals surface area contributed by atoms with Crippen molar-refractivity contribution in [1.82, 2.24) is 20.8 Å². The zero-order chi connectivity index (χ0) is 16.1. The van der Waals surface area contributed by atoms with Gasteiger partial charge in [-0.3, -0.25) is 20.4 Å². The topological polar surface area (TPSA) is 84.0 Å². The van der Waals surface area contributed by atoms with Gasteiger partial charge in [-0.25, -0.2) is 9.97 Å². The fourth-order valence-electron chi connectivity index (χ4n) is 1.49. The fraction of sp³-hybridized carbons (Fsp3) is 0.0769. The Morgan fingerprint density at radius 2 is 1.77 bits per heavy atom. The summed E-state index contributed by atoms with van der Waals surface area (Å²) in [4.78, 5) is 31.9. The van der Waals surface area contributed by atoms with E-state index < -0.39 is 11.8 Å². The van der Waals surface area contributed by atoms with Crippen molar-refractivity contribution in [2.45, 2.75) is 5.16 Å². The molecule has 22 heavy (non-hydrogen) atoms. The first-order chi connectivity index (χ1) is 10.5. The lowest BCUT2D eigenvalue weighted by Gasteiger charge is -2.09. The molecule has 0 atom stereocenters. The Hall–Kier alpha value is -1.83. The van der Waals surface area contributed by atoms with Gasteiger partial charge in [-0.1, -0.05) is 47.1 Å². The molecule has 2 aromatic rings. The van der Waals surface area contributed by atoms with Crippen molar-refractivity contribution in [3.63, 3.8) is 0 Å². The predicted molar refractivity (Wildman–Crippen MR) is 85.2 cm³/mol. The molecule has 2 amide bonds. The second-order valence-electron chi connectivity index (χ2n) is 3.94. The van der Waals surface area contributed by atoms with Crippen LogP contribution in [0.2, 0.25) is 10.0 Å². The number of amides is 2. The maximum absolute atomic E-state index is 12.0. The van der Waals surface area contributed by atoms with E-state index in [0.29, 0.717) is 5.16 Å². The first-order valence-corrected chi connectivity index (χ1v) is 7.92. The molecule has 2 N–H and O–H groups in total. The normalized spacial score (nSPS) is 10.1. The molecule has 0 aliphatic carbocycles. The van der Waals surface area contributed by atoms with Crippen molar-refractivity contribution in [3.05, 3.63) is 51.8 Å². The summed E-state index contributed by atoms with van der Waals surface area (Å²) < 4.78 is 0. The van der Waals surface area contributed by atoms with Crippen LogP contribution >= 0.6 is 35.0 Å². The molecule has 0 saturated carbocycles. The molecule has 0 aliphatic rings. The Morgan fingerprint density at radius 3 is 2.45 bits per heavy atom. The molecule has 0 unspecified atom stereocenters. The van der Waals surface area contributed by atoms with Crippen LogP contribution in [0.4, 0.5) is 0 Å². The van der Waals surface area contributed by atoms with Gasteiger partial charge < -0.3 is 0 Å². The number of carbonyl (C=O) groups is 2. The van der Waals surface area contributed by atoms with E-state index in [1.54, 1.807) is 24.5 Å². The number of hydrogen-bond acceptors (Lipinski definition) is 5. The molecule has 2 rings (SSSR count). The van der Waals surface area contributed by atoms with Crippen LogP contribution in [-0.4, -0.2) is 28.0 Å². The lowest BCUT2D eigenvalue weighted by atomic mass is 10.2. The van der Waals surface area contributed by atoms with Gasteiger partial charge in [0.2, 0.25) is 0 Å². The molecular formula is C13H10Cl2N4O2S. The molecule has 1 aromatic carbocycles. The molecular weight excluding hydrogens is 347 g/mol. The Bertz CT molecular complexity index is 727. The SMILES string of the molecule is CSc1ncc(Cl)c(C(=O)NNC(=O)c2ccccc2Cl)n1. The molecule has 0 bridgehead atoms. The van der Waals surface area contributed by atoms with E-state index in [0.717, 1.165) is 0 Å². The summed E-state index contributed by atoms with van der Waals surface area (Å²) in [5.74, 6) is -1.20. The number of hydrazine groups is 1. The number of rotatable bonds is 3. The Balaban J connectivity index is 2.07. The maximum Gasteiger partial charge on any atom is 0.289 e.